The minimum absolute atomic E-state index is 0.126. The standard InChI is InChI=1S/C23H29N3O5S/c1-16-20(17(2)26(24-16)19-9-12-32(28,29)15-19)14-25(3)23(27)8-6-18-5-7-21-22(13-18)31-11-4-10-30-21/h5-8,13,19H,4,9-12,14-15H2,1-3H3/b8-6+. The van der Waals surface area contributed by atoms with Crippen LogP contribution < -0.4 is 9.47 Å². The molecule has 1 fully saturated rings. The van der Waals surface area contributed by atoms with Gasteiger partial charge >= 0.3 is 0 Å². The highest BCUT2D eigenvalue weighted by Crippen LogP contribution is 2.31. The van der Waals surface area contributed by atoms with E-state index in [4.69, 9.17) is 9.47 Å². The van der Waals surface area contributed by atoms with Crippen LogP contribution in [0.1, 0.15) is 41.4 Å². The van der Waals surface area contributed by atoms with E-state index in [1.807, 2.05) is 36.7 Å². The number of aromatic nitrogens is 2. The van der Waals surface area contributed by atoms with Crippen LogP contribution in [-0.2, 0) is 21.2 Å². The second-order valence-corrected chi connectivity index (χ2v) is 10.7. The van der Waals surface area contributed by atoms with Crippen LogP contribution >= 0.6 is 0 Å². The van der Waals surface area contributed by atoms with Crippen molar-refractivity contribution < 1.29 is 22.7 Å². The van der Waals surface area contributed by atoms with E-state index in [9.17, 15) is 13.2 Å². The van der Waals surface area contributed by atoms with Crippen LogP contribution in [0.5, 0.6) is 11.5 Å². The van der Waals surface area contributed by atoms with Crippen molar-refractivity contribution in [2.75, 3.05) is 31.8 Å². The lowest BCUT2D eigenvalue weighted by Crippen LogP contribution is -2.24. The number of rotatable bonds is 5. The van der Waals surface area contributed by atoms with Crippen LogP contribution in [0.4, 0.5) is 0 Å². The Bertz CT molecular complexity index is 1150. The molecule has 0 aliphatic carbocycles. The van der Waals surface area contributed by atoms with Gasteiger partial charge in [-0.3, -0.25) is 9.48 Å². The Labute approximate surface area is 188 Å². The van der Waals surface area contributed by atoms with Gasteiger partial charge in [0, 0.05) is 37.3 Å². The molecule has 2 aliphatic heterocycles. The average Bonchev–Trinajstić information content (AvgIpc) is 3.13. The molecule has 1 saturated heterocycles. The zero-order chi connectivity index (χ0) is 22.9. The van der Waals surface area contributed by atoms with Crippen molar-refractivity contribution in [3.05, 3.63) is 46.8 Å². The Hall–Kier alpha value is -2.81. The molecule has 0 N–H and O–H groups in total. The van der Waals surface area contributed by atoms with Crippen molar-refractivity contribution in [1.82, 2.24) is 14.7 Å². The molecule has 172 valence electrons. The Balaban J connectivity index is 1.43. The third kappa shape index (κ3) is 4.82. The van der Waals surface area contributed by atoms with Gasteiger partial charge in [-0.2, -0.15) is 5.10 Å². The number of ether oxygens (including phenoxy) is 2. The van der Waals surface area contributed by atoms with Crippen LogP contribution in [0.15, 0.2) is 24.3 Å². The Kier molecular flexibility index (Phi) is 6.28. The van der Waals surface area contributed by atoms with Gasteiger partial charge in [0.05, 0.1) is 36.5 Å². The molecule has 9 heteroatoms. The number of nitrogens with zero attached hydrogens (tertiary/aromatic N) is 3. The third-order valence-electron chi connectivity index (χ3n) is 5.99. The number of hydrogen-bond acceptors (Lipinski definition) is 6. The summed E-state index contributed by atoms with van der Waals surface area (Å²) in [5.74, 6) is 1.61. The van der Waals surface area contributed by atoms with Crippen molar-refractivity contribution in [2.24, 2.45) is 0 Å². The summed E-state index contributed by atoms with van der Waals surface area (Å²) in [6.45, 7) is 5.49. The van der Waals surface area contributed by atoms with Crippen molar-refractivity contribution in [3.63, 3.8) is 0 Å². The molecule has 2 aromatic rings. The van der Waals surface area contributed by atoms with Gasteiger partial charge in [-0.25, -0.2) is 8.42 Å². The van der Waals surface area contributed by atoms with Gasteiger partial charge in [-0.1, -0.05) is 6.07 Å². The Morgan fingerprint density at radius 1 is 1.25 bits per heavy atom. The summed E-state index contributed by atoms with van der Waals surface area (Å²) in [5.41, 5.74) is 3.54. The Morgan fingerprint density at radius 2 is 2.00 bits per heavy atom. The maximum atomic E-state index is 12.7. The molecule has 0 spiro atoms. The van der Waals surface area contributed by atoms with E-state index in [2.05, 4.69) is 5.10 Å². The molecule has 0 radical (unpaired) electrons. The van der Waals surface area contributed by atoms with Gasteiger partial charge in [0.1, 0.15) is 0 Å². The molecule has 1 aromatic heterocycles. The molecule has 0 saturated carbocycles. The predicted octanol–water partition coefficient (Wildman–Crippen LogP) is 2.69. The lowest BCUT2D eigenvalue weighted by Gasteiger charge is -2.16. The van der Waals surface area contributed by atoms with Gasteiger partial charge in [0.15, 0.2) is 21.3 Å². The van der Waals surface area contributed by atoms with E-state index in [-0.39, 0.29) is 23.5 Å². The van der Waals surface area contributed by atoms with Crippen molar-refractivity contribution >= 4 is 21.8 Å². The summed E-state index contributed by atoms with van der Waals surface area (Å²) in [4.78, 5) is 14.3. The number of sulfone groups is 1. The molecule has 2 aliphatic rings. The molecule has 0 bridgehead atoms. The molecule has 1 amide bonds. The van der Waals surface area contributed by atoms with E-state index in [0.29, 0.717) is 31.9 Å². The minimum atomic E-state index is -2.99. The summed E-state index contributed by atoms with van der Waals surface area (Å²) in [6.07, 6.45) is 4.73. The van der Waals surface area contributed by atoms with Crippen molar-refractivity contribution in [1.29, 1.82) is 0 Å². The molecule has 1 aromatic carbocycles. The maximum Gasteiger partial charge on any atom is 0.246 e. The fourth-order valence-electron chi connectivity index (χ4n) is 4.14. The van der Waals surface area contributed by atoms with Gasteiger partial charge in [0.2, 0.25) is 5.91 Å². The van der Waals surface area contributed by atoms with E-state index >= 15 is 0 Å². The highest BCUT2D eigenvalue weighted by molar-refractivity contribution is 7.91. The van der Waals surface area contributed by atoms with E-state index in [0.717, 1.165) is 34.7 Å². The third-order valence-corrected chi connectivity index (χ3v) is 7.74. The number of likely N-dealkylation sites (N-methyl/N-ethyl adjacent to an activating group) is 1. The monoisotopic (exact) mass is 459 g/mol. The number of carbonyl (C=O) groups excluding carboxylic acids is 1. The molecule has 3 heterocycles. The highest BCUT2D eigenvalue weighted by atomic mass is 32.2. The van der Waals surface area contributed by atoms with Gasteiger partial charge in [-0.15, -0.1) is 0 Å². The number of amides is 1. The second-order valence-electron chi connectivity index (χ2n) is 8.44. The molecule has 8 nitrogen and oxygen atoms in total. The lowest BCUT2D eigenvalue weighted by atomic mass is 10.1. The van der Waals surface area contributed by atoms with E-state index in [1.54, 1.807) is 18.0 Å². The second kappa shape index (κ2) is 8.97. The summed E-state index contributed by atoms with van der Waals surface area (Å²) in [7, 11) is -1.25. The smallest absolute Gasteiger partial charge is 0.246 e. The van der Waals surface area contributed by atoms with E-state index in [1.165, 1.54) is 6.08 Å². The lowest BCUT2D eigenvalue weighted by molar-refractivity contribution is -0.125. The largest absolute Gasteiger partial charge is 0.490 e. The summed E-state index contributed by atoms with van der Waals surface area (Å²) >= 11 is 0. The summed E-state index contributed by atoms with van der Waals surface area (Å²) in [6, 6.07) is 5.50. The molecular formula is C23H29N3O5S. The number of carbonyl (C=O) groups is 1. The van der Waals surface area contributed by atoms with Crippen LogP contribution in [-0.4, -0.2) is 60.8 Å². The molecule has 32 heavy (non-hydrogen) atoms. The number of benzene rings is 1. The van der Waals surface area contributed by atoms with Gasteiger partial charge < -0.3 is 14.4 Å². The summed E-state index contributed by atoms with van der Waals surface area (Å²) < 4.78 is 36.9. The maximum absolute atomic E-state index is 12.7. The molecular weight excluding hydrogens is 430 g/mol. The van der Waals surface area contributed by atoms with Crippen LogP contribution in [0, 0.1) is 13.8 Å². The first kappa shape index (κ1) is 22.4. The summed E-state index contributed by atoms with van der Waals surface area (Å²) in [5, 5.41) is 4.58. The fraction of sp³-hybridized carbons (Fsp3) is 0.478. The highest BCUT2D eigenvalue weighted by Gasteiger charge is 2.31. The zero-order valence-corrected chi connectivity index (χ0v) is 19.5. The van der Waals surface area contributed by atoms with Crippen LogP contribution in [0.2, 0.25) is 0 Å². The first-order valence-electron chi connectivity index (χ1n) is 10.8. The minimum Gasteiger partial charge on any atom is -0.490 e. The molecule has 1 atom stereocenters. The molecule has 1 unspecified atom stereocenters. The van der Waals surface area contributed by atoms with Crippen LogP contribution in [0.25, 0.3) is 6.08 Å². The van der Waals surface area contributed by atoms with Crippen molar-refractivity contribution in [2.45, 2.75) is 39.3 Å². The number of aryl methyl sites for hydroxylation is 1. The Morgan fingerprint density at radius 3 is 2.72 bits per heavy atom. The first-order valence-corrected chi connectivity index (χ1v) is 12.6. The topological polar surface area (TPSA) is 90.7 Å². The first-order chi connectivity index (χ1) is 15.2. The number of fused-ring (bicyclic) bond motifs is 1. The SMILES string of the molecule is Cc1nn(C2CCS(=O)(=O)C2)c(C)c1CN(C)C(=O)/C=C/c1ccc2c(c1)OCCCO2. The number of hydrogen-bond donors (Lipinski definition) is 0. The van der Waals surface area contributed by atoms with Crippen molar-refractivity contribution in [3.8, 4) is 11.5 Å². The average molecular weight is 460 g/mol. The van der Waals surface area contributed by atoms with Gasteiger partial charge in [-0.05, 0) is 44.0 Å². The fourth-order valence-corrected chi connectivity index (χ4v) is 5.83. The molecule has 4 rings (SSSR count). The van der Waals surface area contributed by atoms with Crippen LogP contribution in [0.3, 0.4) is 0 Å². The zero-order valence-electron chi connectivity index (χ0n) is 18.7. The normalized spacial score (nSPS) is 19.8. The van der Waals surface area contributed by atoms with Gasteiger partial charge in [0.25, 0.3) is 0 Å². The van der Waals surface area contributed by atoms with E-state index < -0.39 is 9.84 Å². The quantitative estimate of drug-likeness (QED) is 0.639. The predicted molar refractivity (Wildman–Crippen MR) is 122 cm³/mol.